The number of hydroxylamine groups is 2. The Morgan fingerprint density at radius 2 is 1.57 bits per heavy atom. The lowest BCUT2D eigenvalue weighted by atomic mass is 10.2. The van der Waals surface area contributed by atoms with Crippen LogP contribution in [0.3, 0.4) is 0 Å². The Labute approximate surface area is 124 Å². The number of aliphatic carboxylic acids is 1. The van der Waals surface area contributed by atoms with Crippen molar-refractivity contribution >= 4 is 18.2 Å². The minimum atomic E-state index is -1.11. The zero-order valence-electron chi connectivity index (χ0n) is 13.2. The van der Waals surface area contributed by atoms with Crippen molar-refractivity contribution in [1.82, 2.24) is 9.96 Å². The number of carbonyl (C=O) groups excluding carboxylic acids is 2. The van der Waals surface area contributed by atoms with Gasteiger partial charge in [0.1, 0.15) is 5.60 Å². The first kappa shape index (κ1) is 19.0. The molecule has 8 nitrogen and oxygen atoms in total. The molecule has 0 spiro atoms. The first-order chi connectivity index (χ1) is 9.60. The lowest BCUT2D eigenvalue weighted by Gasteiger charge is -2.27. The fourth-order valence-electron chi connectivity index (χ4n) is 1.32. The van der Waals surface area contributed by atoms with E-state index in [9.17, 15) is 14.4 Å². The van der Waals surface area contributed by atoms with Crippen LogP contribution in [0, 0.1) is 0 Å². The van der Waals surface area contributed by atoms with Crippen LogP contribution in [0.5, 0.6) is 0 Å². The predicted octanol–water partition coefficient (Wildman–Crippen LogP) is 2.09. The number of hydrogen-bond donors (Lipinski definition) is 1. The van der Waals surface area contributed by atoms with Crippen molar-refractivity contribution in [1.29, 1.82) is 0 Å². The minimum Gasteiger partial charge on any atom is -0.481 e. The molecule has 0 aliphatic heterocycles. The van der Waals surface area contributed by atoms with Gasteiger partial charge in [0.2, 0.25) is 0 Å². The average Bonchev–Trinajstić information content (AvgIpc) is 2.33. The summed E-state index contributed by atoms with van der Waals surface area (Å²) in [5, 5.41) is 9.32. The summed E-state index contributed by atoms with van der Waals surface area (Å²) in [7, 11) is 0. The van der Waals surface area contributed by atoms with Crippen LogP contribution in [0.2, 0.25) is 0 Å². The van der Waals surface area contributed by atoms with Gasteiger partial charge in [0.15, 0.2) is 0 Å². The van der Waals surface area contributed by atoms with Crippen molar-refractivity contribution in [3.8, 4) is 0 Å². The number of carboxylic acids is 1. The molecule has 2 amide bonds. The van der Waals surface area contributed by atoms with Crippen molar-refractivity contribution in [2.75, 3.05) is 19.6 Å². The van der Waals surface area contributed by atoms with Crippen LogP contribution in [0.25, 0.3) is 0 Å². The number of carboxylic acid groups (broad SMARTS) is 1. The van der Waals surface area contributed by atoms with Gasteiger partial charge in [-0.05, 0) is 34.6 Å². The molecule has 122 valence electrons. The van der Waals surface area contributed by atoms with E-state index in [1.807, 2.05) is 0 Å². The van der Waals surface area contributed by atoms with E-state index >= 15 is 0 Å². The Morgan fingerprint density at radius 1 is 1.05 bits per heavy atom. The third-order valence-corrected chi connectivity index (χ3v) is 2.34. The highest BCUT2D eigenvalue weighted by molar-refractivity contribution is 5.73. The summed E-state index contributed by atoms with van der Waals surface area (Å²) in [6.45, 7) is 9.05. The van der Waals surface area contributed by atoms with Crippen LogP contribution in [-0.4, -0.2) is 58.5 Å². The number of amides is 2. The molecule has 1 N–H and O–H groups in total. The molecule has 0 saturated heterocycles. The van der Waals surface area contributed by atoms with Crippen LogP contribution in [0.4, 0.5) is 9.59 Å². The smallest absolute Gasteiger partial charge is 0.443 e. The standard InChI is InChI=1S/C13H24N2O6/c1-6-14(7-2)11(18)21-15(9-8-10(16)17)12(19)20-13(3,4)5/h6-9H2,1-5H3,(H,16,17). The van der Waals surface area contributed by atoms with Crippen LogP contribution >= 0.6 is 0 Å². The van der Waals surface area contributed by atoms with E-state index in [-0.39, 0.29) is 13.0 Å². The molecule has 0 aromatic heterocycles. The van der Waals surface area contributed by atoms with Gasteiger partial charge >= 0.3 is 18.2 Å². The van der Waals surface area contributed by atoms with Crippen molar-refractivity contribution in [3.63, 3.8) is 0 Å². The molecule has 0 bridgehead atoms. The molecule has 0 atom stereocenters. The van der Waals surface area contributed by atoms with Crippen LogP contribution < -0.4 is 0 Å². The highest BCUT2D eigenvalue weighted by Gasteiger charge is 2.27. The monoisotopic (exact) mass is 304 g/mol. The van der Waals surface area contributed by atoms with Gasteiger partial charge in [0.05, 0.1) is 13.0 Å². The van der Waals surface area contributed by atoms with Crippen molar-refractivity contribution < 1.29 is 29.1 Å². The van der Waals surface area contributed by atoms with Gasteiger partial charge in [-0.2, -0.15) is 0 Å². The maximum absolute atomic E-state index is 11.9. The Morgan fingerprint density at radius 3 is 1.95 bits per heavy atom. The molecule has 8 heteroatoms. The topological polar surface area (TPSA) is 96.4 Å². The fourth-order valence-corrected chi connectivity index (χ4v) is 1.32. The lowest BCUT2D eigenvalue weighted by molar-refractivity contribution is -0.142. The molecule has 0 aromatic carbocycles. The van der Waals surface area contributed by atoms with E-state index in [1.165, 1.54) is 4.90 Å². The second-order valence-corrected chi connectivity index (χ2v) is 5.26. The van der Waals surface area contributed by atoms with Gasteiger partial charge in [0, 0.05) is 13.1 Å². The largest absolute Gasteiger partial charge is 0.481 e. The van der Waals surface area contributed by atoms with Gasteiger partial charge in [-0.3, -0.25) is 4.79 Å². The Kier molecular flexibility index (Phi) is 7.54. The normalized spacial score (nSPS) is 10.7. The molecule has 0 aliphatic rings. The molecular formula is C13H24N2O6. The molecular weight excluding hydrogens is 280 g/mol. The molecule has 21 heavy (non-hydrogen) atoms. The Balaban J connectivity index is 4.84. The molecule has 0 heterocycles. The number of hydrogen-bond acceptors (Lipinski definition) is 5. The van der Waals surface area contributed by atoms with E-state index < -0.39 is 23.8 Å². The summed E-state index contributed by atoms with van der Waals surface area (Å²) in [6.07, 6.45) is -1.98. The first-order valence-electron chi connectivity index (χ1n) is 6.79. The van der Waals surface area contributed by atoms with Gasteiger partial charge in [-0.25, -0.2) is 9.59 Å². The summed E-state index contributed by atoms with van der Waals surface area (Å²) < 4.78 is 5.08. The van der Waals surface area contributed by atoms with E-state index in [4.69, 9.17) is 14.7 Å². The summed E-state index contributed by atoms with van der Waals surface area (Å²) in [6, 6.07) is 0. The minimum absolute atomic E-state index is 0.281. The van der Waals surface area contributed by atoms with Gasteiger partial charge in [-0.1, -0.05) is 0 Å². The molecule has 0 saturated carbocycles. The van der Waals surface area contributed by atoms with Gasteiger partial charge < -0.3 is 19.6 Å². The lowest BCUT2D eigenvalue weighted by Crippen LogP contribution is -2.43. The molecule has 0 aliphatic carbocycles. The summed E-state index contributed by atoms with van der Waals surface area (Å²) >= 11 is 0. The van der Waals surface area contributed by atoms with Crippen LogP contribution in [-0.2, 0) is 14.4 Å². The van der Waals surface area contributed by atoms with E-state index in [1.54, 1.807) is 34.6 Å². The number of rotatable bonds is 5. The fraction of sp³-hybridized carbons (Fsp3) is 0.769. The predicted molar refractivity (Wildman–Crippen MR) is 74.6 cm³/mol. The zero-order valence-corrected chi connectivity index (χ0v) is 13.2. The SMILES string of the molecule is CCN(CC)C(=O)ON(CCC(=O)O)C(=O)OC(C)(C)C. The second-order valence-electron chi connectivity index (χ2n) is 5.26. The summed E-state index contributed by atoms with van der Waals surface area (Å²) in [4.78, 5) is 40.7. The number of nitrogens with zero attached hydrogens (tertiary/aromatic N) is 2. The molecule has 0 radical (unpaired) electrons. The molecule has 0 fully saturated rings. The molecule has 0 aromatic rings. The van der Waals surface area contributed by atoms with Crippen molar-refractivity contribution in [2.45, 2.75) is 46.6 Å². The van der Waals surface area contributed by atoms with Crippen molar-refractivity contribution in [2.24, 2.45) is 0 Å². The highest BCUT2D eigenvalue weighted by atomic mass is 16.8. The maximum atomic E-state index is 11.9. The van der Waals surface area contributed by atoms with Crippen LogP contribution in [0.1, 0.15) is 41.0 Å². The molecule has 0 rings (SSSR count). The quantitative estimate of drug-likeness (QED) is 0.781. The highest BCUT2D eigenvalue weighted by Crippen LogP contribution is 2.11. The Bertz CT molecular complexity index is 373. The van der Waals surface area contributed by atoms with E-state index in [2.05, 4.69) is 0 Å². The van der Waals surface area contributed by atoms with Crippen molar-refractivity contribution in [3.05, 3.63) is 0 Å². The van der Waals surface area contributed by atoms with Crippen LogP contribution in [0.15, 0.2) is 0 Å². The van der Waals surface area contributed by atoms with E-state index in [0.717, 1.165) is 0 Å². The van der Waals surface area contributed by atoms with E-state index in [0.29, 0.717) is 18.2 Å². The number of carbonyl (C=O) groups is 3. The summed E-state index contributed by atoms with van der Waals surface area (Å²) in [5.41, 5.74) is -0.778. The second kappa shape index (κ2) is 8.33. The maximum Gasteiger partial charge on any atom is 0.443 e. The summed E-state index contributed by atoms with van der Waals surface area (Å²) in [5.74, 6) is -1.11. The average molecular weight is 304 g/mol. The third kappa shape index (κ3) is 8.01. The molecule has 0 unspecified atom stereocenters. The zero-order chi connectivity index (χ0) is 16.6. The third-order valence-electron chi connectivity index (χ3n) is 2.34. The van der Waals surface area contributed by atoms with Gasteiger partial charge in [0.25, 0.3) is 0 Å². The first-order valence-corrected chi connectivity index (χ1v) is 6.79. The Hall–Kier alpha value is -1.99. The number of ether oxygens (including phenoxy) is 1. The van der Waals surface area contributed by atoms with Gasteiger partial charge in [-0.15, -0.1) is 5.06 Å².